The zero-order chi connectivity index (χ0) is 6.62. The van der Waals surface area contributed by atoms with Crippen LogP contribution in [0.25, 0.3) is 0 Å². The third-order valence-corrected chi connectivity index (χ3v) is 0.985. The molecule has 0 aromatic carbocycles. The van der Waals surface area contributed by atoms with Crippen LogP contribution in [-0.2, 0) is 5.11 Å². The average molecular weight is 123 g/mol. The fraction of sp³-hybridized carbons (Fsp3) is 1.00. The summed E-state index contributed by atoms with van der Waals surface area (Å²) >= 11 is 0. The highest BCUT2D eigenvalue weighted by Crippen LogP contribution is 2.20. The van der Waals surface area contributed by atoms with Crippen molar-refractivity contribution < 1.29 is 13.9 Å². The van der Waals surface area contributed by atoms with Crippen LogP contribution in [0.15, 0.2) is 0 Å². The van der Waals surface area contributed by atoms with Gasteiger partial charge in [0.2, 0.25) is 5.92 Å². The highest BCUT2D eigenvalue weighted by atomic mass is 19.3. The molecule has 0 amide bonds. The summed E-state index contributed by atoms with van der Waals surface area (Å²) in [5.41, 5.74) is 0. The SMILES string of the molecule is CCC(F)(F)CC[O]. The summed E-state index contributed by atoms with van der Waals surface area (Å²) in [6, 6.07) is 0. The van der Waals surface area contributed by atoms with E-state index in [1.54, 1.807) is 0 Å². The van der Waals surface area contributed by atoms with Gasteiger partial charge in [-0.1, -0.05) is 6.92 Å². The monoisotopic (exact) mass is 123 g/mol. The zero-order valence-corrected chi connectivity index (χ0v) is 4.79. The van der Waals surface area contributed by atoms with Crippen molar-refractivity contribution in [2.24, 2.45) is 0 Å². The summed E-state index contributed by atoms with van der Waals surface area (Å²) < 4.78 is 23.9. The second-order valence-corrected chi connectivity index (χ2v) is 1.66. The van der Waals surface area contributed by atoms with Crippen molar-refractivity contribution in [2.75, 3.05) is 6.61 Å². The van der Waals surface area contributed by atoms with E-state index in [-0.39, 0.29) is 6.42 Å². The largest absolute Gasteiger partial charge is 0.250 e. The van der Waals surface area contributed by atoms with Gasteiger partial charge in [-0.2, -0.15) is 0 Å². The van der Waals surface area contributed by atoms with E-state index in [0.717, 1.165) is 0 Å². The Bertz CT molecular complexity index is 63.4. The number of alkyl halides is 2. The first kappa shape index (κ1) is 7.82. The van der Waals surface area contributed by atoms with E-state index in [1.807, 2.05) is 0 Å². The average Bonchev–Trinajstić information content (AvgIpc) is 1.67. The van der Waals surface area contributed by atoms with Gasteiger partial charge >= 0.3 is 0 Å². The first-order chi connectivity index (χ1) is 3.62. The molecular weight excluding hydrogens is 114 g/mol. The Morgan fingerprint density at radius 2 is 2.00 bits per heavy atom. The van der Waals surface area contributed by atoms with E-state index >= 15 is 0 Å². The van der Waals surface area contributed by atoms with Crippen LogP contribution >= 0.6 is 0 Å². The van der Waals surface area contributed by atoms with Crippen LogP contribution < -0.4 is 0 Å². The van der Waals surface area contributed by atoms with Gasteiger partial charge in [0, 0.05) is 12.8 Å². The Labute approximate surface area is 47.3 Å². The predicted molar refractivity (Wildman–Crippen MR) is 25.4 cm³/mol. The van der Waals surface area contributed by atoms with Crippen molar-refractivity contribution in [3.8, 4) is 0 Å². The molecule has 0 bridgehead atoms. The summed E-state index contributed by atoms with van der Waals surface area (Å²) in [4.78, 5) is 0. The molecule has 8 heavy (non-hydrogen) atoms. The molecule has 0 aliphatic rings. The standard InChI is InChI=1S/C5H9F2O/c1-2-5(6,7)3-4-8/h2-4H2,1H3. The van der Waals surface area contributed by atoms with Crippen molar-refractivity contribution in [1.82, 2.24) is 0 Å². The molecule has 0 saturated heterocycles. The molecule has 1 nitrogen and oxygen atoms in total. The van der Waals surface area contributed by atoms with Crippen LogP contribution in [-0.4, -0.2) is 12.5 Å². The van der Waals surface area contributed by atoms with Crippen molar-refractivity contribution in [3.63, 3.8) is 0 Å². The predicted octanol–water partition coefficient (Wildman–Crippen LogP) is 1.85. The van der Waals surface area contributed by atoms with E-state index in [2.05, 4.69) is 0 Å². The highest BCUT2D eigenvalue weighted by molar-refractivity contribution is 4.60. The Morgan fingerprint density at radius 1 is 1.50 bits per heavy atom. The summed E-state index contributed by atoms with van der Waals surface area (Å²) in [7, 11) is 0. The third-order valence-electron chi connectivity index (χ3n) is 0.985. The van der Waals surface area contributed by atoms with Crippen molar-refractivity contribution >= 4 is 0 Å². The van der Waals surface area contributed by atoms with E-state index in [1.165, 1.54) is 6.92 Å². The quantitative estimate of drug-likeness (QED) is 0.545. The van der Waals surface area contributed by atoms with Crippen LogP contribution in [0.4, 0.5) is 8.78 Å². The normalized spacial score (nSPS) is 12.0. The first-order valence-corrected chi connectivity index (χ1v) is 2.58. The van der Waals surface area contributed by atoms with Crippen LogP contribution in [0.1, 0.15) is 19.8 Å². The van der Waals surface area contributed by atoms with Crippen molar-refractivity contribution in [2.45, 2.75) is 25.7 Å². The molecule has 0 spiro atoms. The summed E-state index contributed by atoms with van der Waals surface area (Å²) in [6.07, 6.45) is -0.751. The number of hydrogen-bond donors (Lipinski definition) is 0. The molecule has 0 rings (SSSR count). The molecule has 3 heteroatoms. The van der Waals surface area contributed by atoms with Crippen LogP contribution in [0.3, 0.4) is 0 Å². The maximum absolute atomic E-state index is 12.0. The van der Waals surface area contributed by atoms with Crippen LogP contribution in [0.5, 0.6) is 0 Å². The first-order valence-electron chi connectivity index (χ1n) is 2.58. The summed E-state index contributed by atoms with van der Waals surface area (Å²) in [6.45, 7) is 0.691. The smallest absolute Gasteiger partial charge is 0.237 e. The molecule has 0 aliphatic heterocycles. The molecule has 0 aliphatic carbocycles. The van der Waals surface area contributed by atoms with Gasteiger partial charge in [-0.25, -0.2) is 13.9 Å². The topological polar surface area (TPSA) is 19.9 Å². The minimum atomic E-state index is -2.72. The van der Waals surface area contributed by atoms with E-state index < -0.39 is 19.0 Å². The maximum atomic E-state index is 12.0. The molecule has 0 heterocycles. The second kappa shape index (κ2) is 2.97. The number of rotatable bonds is 3. The fourth-order valence-corrected chi connectivity index (χ4v) is 0.326. The van der Waals surface area contributed by atoms with Gasteiger partial charge in [0.25, 0.3) is 0 Å². The number of halogens is 2. The van der Waals surface area contributed by atoms with Gasteiger partial charge in [0.1, 0.15) is 0 Å². The van der Waals surface area contributed by atoms with Crippen molar-refractivity contribution in [3.05, 3.63) is 0 Å². The van der Waals surface area contributed by atoms with Gasteiger partial charge in [-0.15, -0.1) is 0 Å². The molecule has 0 saturated carbocycles. The minimum Gasteiger partial charge on any atom is -0.237 e. The van der Waals surface area contributed by atoms with Gasteiger partial charge in [-0.05, 0) is 0 Å². The van der Waals surface area contributed by atoms with Gasteiger partial charge < -0.3 is 0 Å². The molecule has 1 radical (unpaired) electrons. The second-order valence-electron chi connectivity index (χ2n) is 1.66. The number of hydrogen-bond acceptors (Lipinski definition) is 0. The molecule has 0 fully saturated rings. The van der Waals surface area contributed by atoms with E-state index in [9.17, 15) is 13.9 Å². The Hall–Kier alpha value is -0.180. The maximum Gasteiger partial charge on any atom is 0.250 e. The molecule has 0 unspecified atom stereocenters. The molecule has 0 N–H and O–H groups in total. The van der Waals surface area contributed by atoms with E-state index in [4.69, 9.17) is 0 Å². The molecule has 0 aromatic heterocycles. The lowest BCUT2D eigenvalue weighted by Gasteiger charge is -2.09. The minimum absolute atomic E-state index is 0.227. The Balaban J connectivity index is 3.37. The Kier molecular flexibility index (Phi) is 2.90. The fourth-order valence-electron chi connectivity index (χ4n) is 0.326. The molecular formula is C5H9F2O. The third kappa shape index (κ3) is 2.91. The Morgan fingerprint density at radius 3 is 2.12 bits per heavy atom. The lowest BCUT2D eigenvalue weighted by Crippen LogP contribution is -2.15. The molecule has 0 aromatic rings. The van der Waals surface area contributed by atoms with Gasteiger partial charge in [0.15, 0.2) is 0 Å². The summed E-state index contributed by atoms with van der Waals surface area (Å²) in [5, 5.41) is 9.62. The van der Waals surface area contributed by atoms with E-state index in [0.29, 0.717) is 0 Å². The molecule has 49 valence electrons. The van der Waals surface area contributed by atoms with Crippen molar-refractivity contribution in [1.29, 1.82) is 0 Å². The van der Waals surface area contributed by atoms with Crippen LogP contribution in [0, 0.1) is 0 Å². The lowest BCUT2D eigenvalue weighted by molar-refractivity contribution is -0.0328. The van der Waals surface area contributed by atoms with Gasteiger partial charge in [-0.3, -0.25) is 0 Å². The van der Waals surface area contributed by atoms with Crippen LogP contribution in [0.2, 0.25) is 0 Å². The highest BCUT2D eigenvalue weighted by Gasteiger charge is 2.24. The zero-order valence-electron chi connectivity index (χ0n) is 4.79. The lowest BCUT2D eigenvalue weighted by atomic mass is 10.2. The molecule has 0 atom stereocenters. The van der Waals surface area contributed by atoms with Gasteiger partial charge in [0.05, 0.1) is 6.61 Å². The summed E-state index contributed by atoms with van der Waals surface area (Å²) in [5.74, 6) is -2.72.